The molecule has 0 radical (unpaired) electrons. The van der Waals surface area contributed by atoms with Crippen molar-refractivity contribution in [1.29, 1.82) is 0 Å². The Balaban J connectivity index is 2.22. The average Bonchev–Trinajstić information content (AvgIpc) is 2.96. The largest absolute Gasteiger partial charge is 0.326 e. The fourth-order valence-electron chi connectivity index (χ4n) is 1.63. The molecule has 0 amide bonds. The Morgan fingerprint density at radius 3 is 2.74 bits per heavy atom. The Bertz CT molecular complexity index is 663. The lowest BCUT2D eigenvalue weighted by molar-refractivity contribution is 0.568. The highest BCUT2D eigenvalue weighted by Crippen LogP contribution is 2.29. The highest BCUT2D eigenvalue weighted by Gasteiger charge is 2.22. The van der Waals surface area contributed by atoms with Crippen LogP contribution in [-0.2, 0) is 16.6 Å². The molecule has 0 aliphatic carbocycles. The summed E-state index contributed by atoms with van der Waals surface area (Å²) in [5, 5.41) is 1.73. The third-order valence-electron chi connectivity index (χ3n) is 2.53. The summed E-state index contributed by atoms with van der Waals surface area (Å²) < 4.78 is 27.8. The highest BCUT2D eigenvalue weighted by molar-refractivity contribution is 7.89. The molecule has 8 heteroatoms. The topological polar surface area (TPSA) is 72.2 Å². The van der Waals surface area contributed by atoms with Crippen LogP contribution in [0.1, 0.15) is 22.7 Å². The lowest BCUT2D eigenvalue weighted by Gasteiger charge is -2.12. The summed E-state index contributed by atoms with van der Waals surface area (Å²) in [6.45, 7) is 2.00. The number of rotatable bonds is 5. The van der Waals surface area contributed by atoms with E-state index in [-0.39, 0.29) is 17.5 Å². The lowest BCUT2D eigenvalue weighted by Crippen LogP contribution is -2.27. The zero-order valence-corrected chi connectivity index (χ0v) is 13.3. The highest BCUT2D eigenvalue weighted by atomic mass is 35.5. The van der Waals surface area contributed by atoms with Gasteiger partial charge in [0, 0.05) is 16.3 Å². The standard InChI is InChI=1S/C11H13ClN2O2S3/c1-7(8-2-3-11(12)18-8)14-19(15,16)10-4-5-17-9(10)6-13/h2-5,7,14H,6,13H2,1H3. The average molecular weight is 337 g/mol. The molecule has 1 atom stereocenters. The minimum atomic E-state index is -3.55. The van der Waals surface area contributed by atoms with Crippen LogP contribution in [0.5, 0.6) is 0 Å². The van der Waals surface area contributed by atoms with Crippen molar-refractivity contribution in [3.8, 4) is 0 Å². The fourth-order valence-corrected chi connectivity index (χ4v) is 5.33. The number of hydrogen-bond donors (Lipinski definition) is 2. The van der Waals surface area contributed by atoms with Gasteiger partial charge < -0.3 is 5.73 Å². The molecule has 0 aliphatic rings. The molecule has 0 aromatic carbocycles. The number of sulfonamides is 1. The van der Waals surface area contributed by atoms with Gasteiger partial charge in [0.05, 0.1) is 15.3 Å². The third kappa shape index (κ3) is 3.36. The van der Waals surface area contributed by atoms with Gasteiger partial charge in [0.25, 0.3) is 0 Å². The Morgan fingerprint density at radius 1 is 1.42 bits per heavy atom. The van der Waals surface area contributed by atoms with Crippen LogP contribution in [0.25, 0.3) is 0 Å². The summed E-state index contributed by atoms with van der Waals surface area (Å²) in [5.74, 6) is 0. The van der Waals surface area contributed by atoms with E-state index in [2.05, 4.69) is 4.72 Å². The van der Waals surface area contributed by atoms with E-state index in [0.717, 1.165) is 4.88 Å². The molecular formula is C11H13ClN2O2S3. The molecule has 104 valence electrons. The van der Waals surface area contributed by atoms with Crippen LogP contribution in [0.15, 0.2) is 28.5 Å². The zero-order valence-electron chi connectivity index (χ0n) is 10.1. The Kier molecular flexibility index (Phi) is 4.65. The van der Waals surface area contributed by atoms with Crippen molar-refractivity contribution in [3.63, 3.8) is 0 Å². The molecule has 2 aromatic heterocycles. The minimum absolute atomic E-state index is 0.215. The second kappa shape index (κ2) is 5.90. The first kappa shape index (κ1) is 15.0. The van der Waals surface area contributed by atoms with Gasteiger partial charge in [0.1, 0.15) is 0 Å². The molecule has 0 aliphatic heterocycles. The molecule has 0 saturated heterocycles. The minimum Gasteiger partial charge on any atom is -0.326 e. The van der Waals surface area contributed by atoms with Crippen LogP contribution < -0.4 is 10.5 Å². The molecular weight excluding hydrogens is 324 g/mol. The van der Waals surface area contributed by atoms with E-state index in [1.54, 1.807) is 24.4 Å². The van der Waals surface area contributed by atoms with Crippen molar-refractivity contribution in [3.05, 3.63) is 37.7 Å². The van der Waals surface area contributed by atoms with Crippen molar-refractivity contribution < 1.29 is 8.42 Å². The van der Waals surface area contributed by atoms with Crippen LogP contribution >= 0.6 is 34.3 Å². The second-order valence-corrected chi connectivity index (χ2v) is 8.33. The van der Waals surface area contributed by atoms with Gasteiger partial charge in [0.15, 0.2) is 0 Å². The predicted molar refractivity (Wildman–Crippen MR) is 80.3 cm³/mol. The molecule has 2 heterocycles. The summed E-state index contributed by atoms with van der Waals surface area (Å²) in [4.78, 5) is 1.79. The van der Waals surface area contributed by atoms with Crippen molar-refractivity contribution in [2.45, 2.75) is 24.4 Å². The molecule has 1 unspecified atom stereocenters. The van der Waals surface area contributed by atoms with E-state index in [1.165, 1.54) is 22.7 Å². The van der Waals surface area contributed by atoms with Gasteiger partial charge in [-0.2, -0.15) is 0 Å². The summed E-state index contributed by atoms with van der Waals surface area (Å²) >= 11 is 8.55. The first-order valence-electron chi connectivity index (χ1n) is 5.48. The summed E-state index contributed by atoms with van der Waals surface area (Å²) in [6, 6.07) is 4.82. The van der Waals surface area contributed by atoms with Gasteiger partial charge in [-0.1, -0.05) is 11.6 Å². The molecule has 4 nitrogen and oxygen atoms in total. The van der Waals surface area contributed by atoms with E-state index in [1.807, 2.05) is 6.07 Å². The first-order valence-corrected chi connectivity index (χ1v) is 9.04. The predicted octanol–water partition coefficient (Wildman–Crippen LogP) is 2.96. The fraction of sp³-hybridized carbons (Fsp3) is 0.273. The molecule has 0 fully saturated rings. The van der Waals surface area contributed by atoms with Crippen LogP contribution in [0.4, 0.5) is 0 Å². The number of halogens is 1. The van der Waals surface area contributed by atoms with Gasteiger partial charge in [0.2, 0.25) is 10.0 Å². The smallest absolute Gasteiger partial charge is 0.242 e. The summed E-state index contributed by atoms with van der Waals surface area (Å²) in [6.07, 6.45) is 0. The van der Waals surface area contributed by atoms with Gasteiger partial charge in [-0.05, 0) is 30.5 Å². The quantitative estimate of drug-likeness (QED) is 0.881. The molecule has 0 bridgehead atoms. The number of nitrogens with one attached hydrogen (secondary N) is 1. The molecule has 3 N–H and O–H groups in total. The molecule has 0 saturated carbocycles. The van der Waals surface area contributed by atoms with Crippen LogP contribution in [-0.4, -0.2) is 8.42 Å². The summed E-state index contributed by atoms with van der Waals surface area (Å²) in [5.41, 5.74) is 5.54. The maximum absolute atomic E-state index is 12.3. The molecule has 2 aromatic rings. The Morgan fingerprint density at radius 2 is 2.16 bits per heavy atom. The van der Waals surface area contributed by atoms with E-state index < -0.39 is 10.0 Å². The normalized spacial score (nSPS) is 13.6. The maximum atomic E-state index is 12.3. The molecule has 2 rings (SSSR count). The van der Waals surface area contributed by atoms with E-state index in [9.17, 15) is 8.42 Å². The van der Waals surface area contributed by atoms with Crippen molar-refractivity contribution in [2.24, 2.45) is 5.73 Å². The van der Waals surface area contributed by atoms with Gasteiger partial charge in [-0.25, -0.2) is 13.1 Å². The Labute approximate surface area is 125 Å². The van der Waals surface area contributed by atoms with Gasteiger partial charge in [-0.15, -0.1) is 22.7 Å². The number of hydrogen-bond acceptors (Lipinski definition) is 5. The van der Waals surface area contributed by atoms with Crippen molar-refractivity contribution >= 4 is 44.3 Å². The van der Waals surface area contributed by atoms with Gasteiger partial charge >= 0.3 is 0 Å². The van der Waals surface area contributed by atoms with Gasteiger partial charge in [-0.3, -0.25) is 0 Å². The van der Waals surface area contributed by atoms with E-state index in [0.29, 0.717) is 9.21 Å². The van der Waals surface area contributed by atoms with E-state index in [4.69, 9.17) is 17.3 Å². The lowest BCUT2D eigenvalue weighted by atomic mass is 10.3. The van der Waals surface area contributed by atoms with Crippen LogP contribution in [0.3, 0.4) is 0 Å². The zero-order chi connectivity index (χ0) is 14.0. The van der Waals surface area contributed by atoms with Crippen molar-refractivity contribution in [2.75, 3.05) is 0 Å². The van der Waals surface area contributed by atoms with Crippen LogP contribution in [0, 0.1) is 0 Å². The third-order valence-corrected chi connectivity index (χ3v) is 6.64. The van der Waals surface area contributed by atoms with E-state index >= 15 is 0 Å². The second-order valence-electron chi connectivity index (χ2n) is 3.90. The molecule has 0 spiro atoms. The summed E-state index contributed by atoms with van der Waals surface area (Å²) in [7, 11) is -3.55. The number of nitrogens with two attached hydrogens (primary N) is 1. The van der Waals surface area contributed by atoms with Crippen LogP contribution in [0.2, 0.25) is 4.34 Å². The Hall–Kier alpha value is -0.440. The number of thiophene rings is 2. The maximum Gasteiger partial charge on any atom is 0.242 e. The monoisotopic (exact) mass is 336 g/mol. The first-order chi connectivity index (χ1) is 8.94. The van der Waals surface area contributed by atoms with Crippen molar-refractivity contribution in [1.82, 2.24) is 4.72 Å². The molecule has 19 heavy (non-hydrogen) atoms. The SMILES string of the molecule is CC(NS(=O)(=O)c1ccsc1CN)c1ccc(Cl)s1.